The van der Waals surface area contributed by atoms with Crippen molar-refractivity contribution in [2.75, 3.05) is 26.0 Å². The number of nitrogens with zero attached hydrogens (tertiary/aromatic N) is 2. The summed E-state index contributed by atoms with van der Waals surface area (Å²) in [6.45, 7) is 5.27. The normalized spacial score (nSPS) is 13.1. The summed E-state index contributed by atoms with van der Waals surface area (Å²) in [6, 6.07) is 0.269. The number of hydrogen-bond donors (Lipinski definition) is 2. The number of H-pyrrole nitrogens is 1. The van der Waals surface area contributed by atoms with Gasteiger partial charge in [0.15, 0.2) is 0 Å². The van der Waals surface area contributed by atoms with E-state index in [1.165, 1.54) is 6.33 Å². The summed E-state index contributed by atoms with van der Waals surface area (Å²) in [7, 11) is 4.07. The molecule has 5 nitrogen and oxygen atoms in total. The van der Waals surface area contributed by atoms with Gasteiger partial charge in [-0.15, -0.1) is 0 Å². The van der Waals surface area contributed by atoms with Crippen LogP contribution in [0.4, 0.5) is 5.82 Å². The van der Waals surface area contributed by atoms with Crippen molar-refractivity contribution in [2.24, 2.45) is 5.92 Å². The molecule has 0 aromatic carbocycles. The van der Waals surface area contributed by atoms with Crippen LogP contribution in [0.15, 0.2) is 15.6 Å². The number of likely N-dealkylation sites (N-methyl/N-ethyl adjacent to an activating group) is 1. The van der Waals surface area contributed by atoms with Crippen molar-refractivity contribution in [1.29, 1.82) is 0 Å². The second-order valence-electron chi connectivity index (χ2n) is 5.13. The molecule has 0 fully saturated rings. The SMILES string of the molecule is CC(C)CC(CN(C)C)Nc1nc[nH]c(=O)c1Br. The smallest absolute Gasteiger partial charge is 0.267 e. The van der Waals surface area contributed by atoms with Crippen molar-refractivity contribution in [1.82, 2.24) is 14.9 Å². The predicted octanol–water partition coefficient (Wildman–Crippen LogP) is 1.92. The maximum Gasteiger partial charge on any atom is 0.267 e. The van der Waals surface area contributed by atoms with Crippen LogP contribution in [-0.4, -0.2) is 41.5 Å². The molecule has 6 heteroatoms. The van der Waals surface area contributed by atoms with Crippen LogP contribution in [0, 0.1) is 5.92 Å². The van der Waals surface area contributed by atoms with E-state index in [-0.39, 0.29) is 11.6 Å². The molecule has 1 aromatic rings. The van der Waals surface area contributed by atoms with Crippen LogP contribution in [0.5, 0.6) is 0 Å². The molecular weight excluding hydrogens is 296 g/mol. The Kier molecular flexibility index (Phi) is 5.81. The third-order valence-corrected chi connectivity index (χ3v) is 3.21. The molecule has 0 bridgehead atoms. The molecular formula is C12H21BrN4O. The Morgan fingerprint density at radius 1 is 1.50 bits per heavy atom. The largest absolute Gasteiger partial charge is 0.365 e. The highest BCUT2D eigenvalue weighted by Crippen LogP contribution is 2.17. The van der Waals surface area contributed by atoms with E-state index in [4.69, 9.17) is 0 Å². The minimum atomic E-state index is -0.166. The first-order valence-electron chi connectivity index (χ1n) is 6.04. The highest BCUT2D eigenvalue weighted by molar-refractivity contribution is 9.10. The summed E-state index contributed by atoms with van der Waals surface area (Å²) < 4.78 is 0.456. The maximum absolute atomic E-state index is 11.5. The van der Waals surface area contributed by atoms with E-state index in [1.54, 1.807) is 0 Å². The standard InChI is InChI=1S/C12H21BrN4O/c1-8(2)5-9(6-17(3)4)16-11-10(13)12(18)15-7-14-11/h7-9H,5-6H2,1-4H3,(H2,14,15,16,18). The monoisotopic (exact) mass is 316 g/mol. The molecule has 0 saturated heterocycles. The quantitative estimate of drug-likeness (QED) is 0.841. The summed E-state index contributed by atoms with van der Waals surface area (Å²) in [5.41, 5.74) is -0.166. The van der Waals surface area contributed by atoms with Crippen LogP contribution in [0.3, 0.4) is 0 Å². The lowest BCUT2D eigenvalue weighted by molar-refractivity contribution is 0.356. The molecule has 0 amide bonds. The molecule has 0 aliphatic carbocycles. The third kappa shape index (κ3) is 4.78. The first-order valence-corrected chi connectivity index (χ1v) is 6.84. The maximum atomic E-state index is 11.5. The van der Waals surface area contributed by atoms with Crippen molar-refractivity contribution in [3.63, 3.8) is 0 Å². The fourth-order valence-corrected chi connectivity index (χ4v) is 2.20. The van der Waals surface area contributed by atoms with Gasteiger partial charge in [-0.1, -0.05) is 13.8 Å². The van der Waals surface area contributed by atoms with Crippen LogP contribution in [-0.2, 0) is 0 Å². The highest BCUT2D eigenvalue weighted by Gasteiger charge is 2.15. The Morgan fingerprint density at radius 3 is 2.72 bits per heavy atom. The fraction of sp³-hybridized carbons (Fsp3) is 0.667. The average Bonchev–Trinajstić information content (AvgIpc) is 2.23. The van der Waals surface area contributed by atoms with E-state index in [9.17, 15) is 4.79 Å². The Labute approximate surface area is 116 Å². The van der Waals surface area contributed by atoms with E-state index in [2.05, 4.69) is 50.0 Å². The van der Waals surface area contributed by atoms with Gasteiger partial charge in [0.05, 0.1) is 6.33 Å². The molecule has 0 aliphatic rings. The lowest BCUT2D eigenvalue weighted by Crippen LogP contribution is -2.34. The molecule has 0 spiro atoms. The molecule has 0 radical (unpaired) electrons. The molecule has 2 N–H and O–H groups in total. The van der Waals surface area contributed by atoms with Gasteiger partial charge in [-0.05, 0) is 42.4 Å². The lowest BCUT2D eigenvalue weighted by Gasteiger charge is -2.24. The van der Waals surface area contributed by atoms with Crippen LogP contribution < -0.4 is 10.9 Å². The molecule has 102 valence electrons. The van der Waals surface area contributed by atoms with Gasteiger partial charge >= 0.3 is 0 Å². The number of aromatic amines is 1. The van der Waals surface area contributed by atoms with Crippen LogP contribution in [0.1, 0.15) is 20.3 Å². The average molecular weight is 317 g/mol. The van der Waals surface area contributed by atoms with Crippen molar-refractivity contribution >= 4 is 21.7 Å². The first-order chi connectivity index (χ1) is 8.40. The van der Waals surface area contributed by atoms with E-state index < -0.39 is 0 Å². The van der Waals surface area contributed by atoms with Gasteiger partial charge in [-0.25, -0.2) is 4.98 Å². The van der Waals surface area contributed by atoms with Gasteiger partial charge in [0.25, 0.3) is 5.56 Å². The molecule has 18 heavy (non-hydrogen) atoms. The van der Waals surface area contributed by atoms with Crippen LogP contribution >= 0.6 is 15.9 Å². The van der Waals surface area contributed by atoms with Crippen molar-refractivity contribution in [2.45, 2.75) is 26.3 Å². The number of rotatable bonds is 6. The van der Waals surface area contributed by atoms with Crippen molar-refractivity contribution < 1.29 is 0 Å². The minimum absolute atomic E-state index is 0.166. The van der Waals surface area contributed by atoms with E-state index in [0.717, 1.165) is 13.0 Å². The molecule has 1 atom stereocenters. The van der Waals surface area contributed by atoms with Gasteiger partial charge in [-0.3, -0.25) is 4.79 Å². The molecule has 1 heterocycles. The zero-order valence-electron chi connectivity index (χ0n) is 11.3. The Morgan fingerprint density at radius 2 is 2.17 bits per heavy atom. The second kappa shape index (κ2) is 6.89. The van der Waals surface area contributed by atoms with Crippen LogP contribution in [0.2, 0.25) is 0 Å². The van der Waals surface area contributed by atoms with Crippen molar-refractivity contribution in [3.8, 4) is 0 Å². The molecule has 0 aliphatic heterocycles. The fourth-order valence-electron chi connectivity index (χ4n) is 1.87. The summed E-state index contributed by atoms with van der Waals surface area (Å²) in [4.78, 5) is 20.3. The number of nitrogens with one attached hydrogen (secondary N) is 2. The molecule has 1 unspecified atom stereocenters. The zero-order valence-corrected chi connectivity index (χ0v) is 12.9. The number of hydrogen-bond acceptors (Lipinski definition) is 4. The highest BCUT2D eigenvalue weighted by atomic mass is 79.9. The van der Waals surface area contributed by atoms with Crippen LogP contribution in [0.25, 0.3) is 0 Å². The predicted molar refractivity (Wildman–Crippen MR) is 78.0 cm³/mol. The van der Waals surface area contributed by atoms with Gasteiger partial charge in [0.1, 0.15) is 10.3 Å². The van der Waals surface area contributed by atoms with E-state index in [0.29, 0.717) is 16.2 Å². The summed E-state index contributed by atoms with van der Waals surface area (Å²) in [5.74, 6) is 1.19. The molecule has 0 saturated carbocycles. The lowest BCUT2D eigenvalue weighted by atomic mass is 10.0. The van der Waals surface area contributed by atoms with Crippen molar-refractivity contribution in [3.05, 3.63) is 21.2 Å². The van der Waals surface area contributed by atoms with Gasteiger partial charge in [-0.2, -0.15) is 0 Å². The summed E-state index contributed by atoms with van der Waals surface area (Å²) in [5, 5.41) is 3.33. The van der Waals surface area contributed by atoms with Gasteiger partial charge in [0.2, 0.25) is 0 Å². The van der Waals surface area contributed by atoms with Gasteiger partial charge in [0, 0.05) is 12.6 Å². The Balaban J connectivity index is 2.81. The second-order valence-corrected chi connectivity index (χ2v) is 5.92. The topological polar surface area (TPSA) is 61.0 Å². The number of halogens is 1. The Bertz CT molecular complexity index is 420. The third-order valence-electron chi connectivity index (χ3n) is 2.48. The minimum Gasteiger partial charge on any atom is -0.365 e. The Hall–Kier alpha value is -0.880. The summed E-state index contributed by atoms with van der Waals surface area (Å²) in [6.07, 6.45) is 2.44. The molecule has 1 aromatic heterocycles. The zero-order chi connectivity index (χ0) is 13.7. The molecule has 1 rings (SSSR count). The number of aromatic nitrogens is 2. The van der Waals surface area contributed by atoms with E-state index >= 15 is 0 Å². The van der Waals surface area contributed by atoms with Gasteiger partial charge < -0.3 is 15.2 Å². The summed E-state index contributed by atoms with van der Waals surface area (Å²) >= 11 is 3.26. The number of anilines is 1. The first kappa shape index (κ1) is 15.2. The van der Waals surface area contributed by atoms with E-state index in [1.807, 2.05) is 14.1 Å².